The maximum absolute atomic E-state index is 11.6. The van der Waals surface area contributed by atoms with Crippen molar-refractivity contribution in [1.29, 1.82) is 0 Å². The molecule has 4 heteroatoms. The van der Waals surface area contributed by atoms with E-state index in [0.29, 0.717) is 12.5 Å². The first-order valence-electron chi connectivity index (χ1n) is 6.02. The van der Waals surface area contributed by atoms with Gasteiger partial charge in [-0.3, -0.25) is 9.59 Å². The molecule has 2 atom stereocenters. The Morgan fingerprint density at radius 1 is 1.44 bits per heavy atom. The van der Waals surface area contributed by atoms with Gasteiger partial charge in [0.15, 0.2) is 0 Å². The fraction of sp³-hybridized carbons (Fsp3) is 0.833. The van der Waals surface area contributed by atoms with Crippen LogP contribution in [0.4, 0.5) is 0 Å². The number of amides is 1. The van der Waals surface area contributed by atoms with Crippen molar-refractivity contribution < 1.29 is 14.7 Å². The summed E-state index contributed by atoms with van der Waals surface area (Å²) >= 11 is 0. The van der Waals surface area contributed by atoms with Crippen LogP contribution < -0.4 is 5.32 Å². The Kier molecular flexibility index (Phi) is 2.91. The number of hydrogen-bond donors (Lipinski definition) is 2. The molecule has 90 valence electrons. The molecule has 0 spiro atoms. The second-order valence-electron chi connectivity index (χ2n) is 5.46. The lowest BCUT2D eigenvalue weighted by molar-refractivity contribution is -0.142. The van der Waals surface area contributed by atoms with Crippen molar-refractivity contribution >= 4 is 11.9 Å². The van der Waals surface area contributed by atoms with E-state index < -0.39 is 5.97 Å². The van der Waals surface area contributed by atoms with Gasteiger partial charge in [-0.05, 0) is 30.6 Å². The minimum absolute atomic E-state index is 0.115. The van der Waals surface area contributed by atoms with Crippen LogP contribution in [0.5, 0.6) is 0 Å². The number of carboxylic acid groups (broad SMARTS) is 1. The molecule has 0 aliphatic heterocycles. The molecule has 0 saturated heterocycles. The predicted molar refractivity (Wildman–Crippen MR) is 58.8 cm³/mol. The van der Waals surface area contributed by atoms with Crippen LogP contribution in [0.2, 0.25) is 0 Å². The summed E-state index contributed by atoms with van der Waals surface area (Å²) in [5, 5.41) is 11.8. The molecule has 2 saturated carbocycles. The van der Waals surface area contributed by atoms with Crippen molar-refractivity contribution in [3.63, 3.8) is 0 Å². The van der Waals surface area contributed by atoms with Gasteiger partial charge in [-0.1, -0.05) is 13.3 Å². The van der Waals surface area contributed by atoms with Gasteiger partial charge in [-0.2, -0.15) is 0 Å². The molecule has 2 rings (SSSR count). The molecular weight excluding hydrogens is 206 g/mol. The van der Waals surface area contributed by atoms with E-state index in [1.807, 2.05) is 0 Å². The Morgan fingerprint density at radius 3 is 2.44 bits per heavy atom. The smallest absolute Gasteiger partial charge is 0.303 e. The Bertz CT molecular complexity index is 309. The summed E-state index contributed by atoms with van der Waals surface area (Å²) in [7, 11) is 0. The highest BCUT2D eigenvalue weighted by molar-refractivity contribution is 5.81. The highest BCUT2D eigenvalue weighted by Crippen LogP contribution is 2.44. The van der Waals surface area contributed by atoms with Gasteiger partial charge in [0.25, 0.3) is 0 Å². The minimum atomic E-state index is -0.756. The number of carbonyl (C=O) groups excluding carboxylic acids is 1. The van der Waals surface area contributed by atoms with Crippen LogP contribution in [0.3, 0.4) is 0 Å². The van der Waals surface area contributed by atoms with E-state index in [9.17, 15) is 9.59 Å². The fourth-order valence-corrected chi connectivity index (χ4v) is 2.51. The predicted octanol–water partition coefficient (Wildman–Crippen LogP) is 1.40. The molecule has 0 radical (unpaired) electrons. The van der Waals surface area contributed by atoms with Crippen LogP contribution >= 0.6 is 0 Å². The molecule has 0 aromatic heterocycles. The molecule has 16 heavy (non-hydrogen) atoms. The Labute approximate surface area is 95.4 Å². The lowest BCUT2D eigenvalue weighted by Crippen LogP contribution is -2.44. The van der Waals surface area contributed by atoms with Crippen LogP contribution in [0, 0.1) is 17.3 Å². The molecule has 1 amide bonds. The molecule has 0 aromatic rings. The number of nitrogens with one attached hydrogen (secondary N) is 1. The van der Waals surface area contributed by atoms with E-state index in [-0.39, 0.29) is 23.7 Å². The standard InChI is InChI=1S/C12H19NO3/c1-8-5-9(8)11(16)13-7-12(3-2-4-12)6-10(14)15/h8-9H,2-7H2,1H3,(H,13,16)(H,14,15). The SMILES string of the molecule is CC1CC1C(=O)NCC1(CC(=O)O)CCC1. The summed E-state index contributed by atoms with van der Waals surface area (Å²) < 4.78 is 0. The van der Waals surface area contributed by atoms with Crippen molar-refractivity contribution in [2.24, 2.45) is 17.3 Å². The van der Waals surface area contributed by atoms with Gasteiger partial charge >= 0.3 is 5.97 Å². The summed E-state index contributed by atoms with van der Waals surface area (Å²) in [6, 6.07) is 0. The molecule has 2 N–H and O–H groups in total. The van der Waals surface area contributed by atoms with Crippen molar-refractivity contribution in [1.82, 2.24) is 5.32 Å². The molecule has 2 unspecified atom stereocenters. The van der Waals surface area contributed by atoms with E-state index in [1.165, 1.54) is 0 Å². The highest BCUT2D eigenvalue weighted by Gasteiger charge is 2.42. The van der Waals surface area contributed by atoms with E-state index >= 15 is 0 Å². The third-order valence-electron chi connectivity index (χ3n) is 4.02. The number of carbonyl (C=O) groups is 2. The third-order valence-corrected chi connectivity index (χ3v) is 4.02. The molecule has 0 heterocycles. The molecule has 2 aliphatic rings. The Balaban J connectivity index is 1.78. The molecule has 0 bridgehead atoms. The number of rotatable bonds is 5. The molecular formula is C12H19NO3. The zero-order chi connectivity index (χ0) is 11.8. The van der Waals surface area contributed by atoms with Gasteiger partial charge in [0.05, 0.1) is 6.42 Å². The van der Waals surface area contributed by atoms with Gasteiger partial charge in [-0.25, -0.2) is 0 Å². The maximum Gasteiger partial charge on any atom is 0.303 e. The lowest BCUT2D eigenvalue weighted by atomic mass is 9.66. The summed E-state index contributed by atoms with van der Waals surface area (Å²) in [5.41, 5.74) is -0.153. The third kappa shape index (κ3) is 2.36. The zero-order valence-electron chi connectivity index (χ0n) is 9.66. The zero-order valence-corrected chi connectivity index (χ0v) is 9.66. The van der Waals surface area contributed by atoms with E-state index in [0.717, 1.165) is 25.7 Å². The summed E-state index contributed by atoms with van der Waals surface area (Å²) in [6.45, 7) is 2.61. The van der Waals surface area contributed by atoms with Crippen LogP contribution in [0.1, 0.15) is 39.0 Å². The fourth-order valence-electron chi connectivity index (χ4n) is 2.51. The lowest BCUT2D eigenvalue weighted by Gasteiger charge is -2.40. The first-order chi connectivity index (χ1) is 7.52. The first-order valence-corrected chi connectivity index (χ1v) is 6.02. The van der Waals surface area contributed by atoms with Gasteiger partial charge in [-0.15, -0.1) is 0 Å². The average molecular weight is 225 g/mol. The van der Waals surface area contributed by atoms with Crippen molar-refractivity contribution in [3.05, 3.63) is 0 Å². The van der Waals surface area contributed by atoms with Gasteiger partial charge in [0, 0.05) is 12.5 Å². The summed E-state index contributed by atoms with van der Waals surface area (Å²) in [5.74, 6) is 0.0525. The summed E-state index contributed by atoms with van der Waals surface area (Å²) in [6.07, 6.45) is 4.12. The quantitative estimate of drug-likeness (QED) is 0.743. The van der Waals surface area contributed by atoms with Crippen molar-refractivity contribution in [2.75, 3.05) is 6.54 Å². The molecule has 2 aliphatic carbocycles. The number of hydrogen-bond acceptors (Lipinski definition) is 2. The van der Waals surface area contributed by atoms with Gasteiger partial charge in [0.2, 0.25) is 5.91 Å². The van der Waals surface area contributed by atoms with Crippen molar-refractivity contribution in [2.45, 2.75) is 39.0 Å². The first kappa shape index (κ1) is 11.4. The second-order valence-corrected chi connectivity index (χ2v) is 5.46. The molecule has 0 aromatic carbocycles. The normalized spacial score (nSPS) is 30.3. The Hall–Kier alpha value is -1.06. The topological polar surface area (TPSA) is 66.4 Å². The monoisotopic (exact) mass is 225 g/mol. The van der Waals surface area contributed by atoms with Gasteiger partial charge < -0.3 is 10.4 Å². The van der Waals surface area contributed by atoms with Crippen LogP contribution in [-0.2, 0) is 9.59 Å². The van der Waals surface area contributed by atoms with Crippen molar-refractivity contribution in [3.8, 4) is 0 Å². The van der Waals surface area contributed by atoms with E-state index in [4.69, 9.17) is 5.11 Å². The number of aliphatic carboxylic acids is 1. The minimum Gasteiger partial charge on any atom is -0.481 e. The second kappa shape index (κ2) is 4.07. The van der Waals surface area contributed by atoms with Crippen LogP contribution in [-0.4, -0.2) is 23.5 Å². The highest BCUT2D eigenvalue weighted by atomic mass is 16.4. The maximum atomic E-state index is 11.6. The molecule has 2 fully saturated rings. The average Bonchev–Trinajstić information content (AvgIpc) is 2.86. The van der Waals surface area contributed by atoms with E-state index in [1.54, 1.807) is 0 Å². The van der Waals surface area contributed by atoms with E-state index in [2.05, 4.69) is 12.2 Å². The van der Waals surface area contributed by atoms with Crippen LogP contribution in [0.15, 0.2) is 0 Å². The number of carboxylic acids is 1. The molecule has 4 nitrogen and oxygen atoms in total. The largest absolute Gasteiger partial charge is 0.481 e. The van der Waals surface area contributed by atoms with Crippen LogP contribution in [0.25, 0.3) is 0 Å². The van der Waals surface area contributed by atoms with Gasteiger partial charge in [0.1, 0.15) is 0 Å². The Morgan fingerprint density at radius 2 is 2.06 bits per heavy atom. The summed E-state index contributed by atoms with van der Waals surface area (Å²) in [4.78, 5) is 22.4.